The Hall–Kier alpha value is -1.60. The summed E-state index contributed by atoms with van der Waals surface area (Å²) >= 11 is 11.8. The molecule has 0 aromatic heterocycles. The van der Waals surface area contributed by atoms with Crippen LogP contribution in [-0.2, 0) is 21.3 Å². The number of methoxy groups -OCH3 is 1. The summed E-state index contributed by atoms with van der Waals surface area (Å²) in [5.41, 5.74) is 0.881. The zero-order valence-corrected chi connectivity index (χ0v) is 15.3. The minimum atomic E-state index is -3.88. The van der Waals surface area contributed by atoms with Crippen LogP contribution in [-0.4, -0.2) is 32.8 Å². The summed E-state index contributed by atoms with van der Waals surface area (Å²) < 4.78 is 31.3. The number of hydrogen-bond acceptors (Lipinski definition) is 4. The van der Waals surface area contributed by atoms with Crippen LogP contribution in [0.5, 0.6) is 0 Å². The maximum atomic E-state index is 12.8. The van der Waals surface area contributed by atoms with Crippen LogP contribution in [0.15, 0.2) is 47.4 Å². The van der Waals surface area contributed by atoms with E-state index in [1.807, 2.05) is 0 Å². The number of sulfonamides is 1. The molecule has 0 unspecified atom stereocenters. The molecule has 0 N–H and O–H groups in total. The highest BCUT2D eigenvalue weighted by atomic mass is 35.5. The SMILES string of the molecule is COC(=O)c1ccc(Cl)c(S(=O)(=O)N(C)Cc2ccc(Cl)cc2)c1. The predicted molar refractivity (Wildman–Crippen MR) is 92.9 cm³/mol. The summed E-state index contributed by atoms with van der Waals surface area (Å²) in [4.78, 5) is 11.5. The highest BCUT2D eigenvalue weighted by molar-refractivity contribution is 7.89. The largest absolute Gasteiger partial charge is 0.465 e. The zero-order valence-electron chi connectivity index (χ0n) is 13.0. The number of rotatable bonds is 5. The Morgan fingerprint density at radius 1 is 1.12 bits per heavy atom. The number of carbonyl (C=O) groups is 1. The van der Waals surface area contributed by atoms with Crippen LogP contribution in [0.2, 0.25) is 10.0 Å². The lowest BCUT2D eigenvalue weighted by molar-refractivity contribution is 0.0600. The average molecular weight is 388 g/mol. The number of carbonyl (C=O) groups excluding carboxylic acids is 1. The van der Waals surface area contributed by atoms with E-state index in [4.69, 9.17) is 23.2 Å². The molecule has 0 radical (unpaired) electrons. The lowest BCUT2D eigenvalue weighted by atomic mass is 10.2. The molecule has 0 spiro atoms. The molecule has 24 heavy (non-hydrogen) atoms. The van der Waals surface area contributed by atoms with E-state index in [1.54, 1.807) is 24.3 Å². The number of ether oxygens (including phenoxy) is 1. The van der Waals surface area contributed by atoms with E-state index < -0.39 is 16.0 Å². The van der Waals surface area contributed by atoms with Gasteiger partial charge in [0.15, 0.2) is 0 Å². The molecule has 128 valence electrons. The smallest absolute Gasteiger partial charge is 0.337 e. The van der Waals surface area contributed by atoms with Crippen molar-refractivity contribution in [2.45, 2.75) is 11.4 Å². The summed E-state index contributed by atoms with van der Waals surface area (Å²) in [6.45, 7) is 0.137. The van der Waals surface area contributed by atoms with Crippen LogP contribution in [0.4, 0.5) is 0 Å². The van der Waals surface area contributed by atoms with Gasteiger partial charge in [0.2, 0.25) is 10.0 Å². The molecule has 0 atom stereocenters. The fourth-order valence-electron chi connectivity index (χ4n) is 2.05. The summed E-state index contributed by atoms with van der Waals surface area (Å²) in [6, 6.07) is 10.8. The van der Waals surface area contributed by atoms with Gasteiger partial charge in [-0.1, -0.05) is 35.3 Å². The van der Waals surface area contributed by atoms with Crippen molar-refractivity contribution in [1.29, 1.82) is 0 Å². The van der Waals surface area contributed by atoms with Gasteiger partial charge in [0, 0.05) is 18.6 Å². The average Bonchev–Trinajstić information content (AvgIpc) is 2.56. The van der Waals surface area contributed by atoms with Crippen LogP contribution < -0.4 is 0 Å². The van der Waals surface area contributed by atoms with E-state index >= 15 is 0 Å². The van der Waals surface area contributed by atoms with E-state index in [1.165, 1.54) is 32.4 Å². The molecule has 2 aromatic carbocycles. The van der Waals surface area contributed by atoms with E-state index in [2.05, 4.69) is 4.74 Å². The molecule has 0 heterocycles. The van der Waals surface area contributed by atoms with Crippen molar-refractivity contribution in [2.24, 2.45) is 0 Å². The van der Waals surface area contributed by atoms with Crippen LogP contribution in [0.1, 0.15) is 15.9 Å². The van der Waals surface area contributed by atoms with Crippen molar-refractivity contribution in [3.63, 3.8) is 0 Å². The van der Waals surface area contributed by atoms with Crippen LogP contribution >= 0.6 is 23.2 Å². The van der Waals surface area contributed by atoms with Crippen LogP contribution in [0.25, 0.3) is 0 Å². The monoisotopic (exact) mass is 387 g/mol. The summed E-state index contributed by atoms with van der Waals surface area (Å²) in [5, 5.41) is 0.601. The number of nitrogens with zero attached hydrogens (tertiary/aromatic N) is 1. The molecule has 2 aromatic rings. The molecular weight excluding hydrogens is 373 g/mol. The van der Waals surface area contributed by atoms with Gasteiger partial charge < -0.3 is 4.74 Å². The van der Waals surface area contributed by atoms with Crippen LogP contribution in [0, 0.1) is 0 Å². The molecule has 0 saturated heterocycles. The lowest BCUT2D eigenvalue weighted by Gasteiger charge is -2.18. The molecule has 8 heteroatoms. The second kappa shape index (κ2) is 7.53. The van der Waals surface area contributed by atoms with Gasteiger partial charge in [0.25, 0.3) is 0 Å². The van der Waals surface area contributed by atoms with Gasteiger partial charge in [-0.05, 0) is 35.9 Å². The Bertz CT molecular complexity index is 851. The van der Waals surface area contributed by atoms with E-state index in [-0.39, 0.29) is 22.0 Å². The third-order valence-corrected chi connectivity index (χ3v) is 5.90. The maximum Gasteiger partial charge on any atom is 0.337 e. The van der Waals surface area contributed by atoms with Gasteiger partial charge in [0.05, 0.1) is 17.7 Å². The maximum absolute atomic E-state index is 12.8. The number of hydrogen-bond donors (Lipinski definition) is 0. The Morgan fingerprint density at radius 2 is 1.75 bits per heavy atom. The predicted octanol–water partition coefficient (Wildman–Crippen LogP) is 3.60. The number of benzene rings is 2. The molecular formula is C16H15Cl2NO4S. The van der Waals surface area contributed by atoms with Crippen molar-refractivity contribution >= 4 is 39.2 Å². The van der Waals surface area contributed by atoms with Gasteiger partial charge >= 0.3 is 5.97 Å². The highest BCUT2D eigenvalue weighted by Crippen LogP contribution is 2.26. The standard InChI is InChI=1S/C16H15Cl2NO4S/c1-19(10-11-3-6-13(17)7-4-11)24(21,22)15-9-12(16(20)23-2)5-8-14(15)18/h3-9H,10H2,1-2H3. The van der Waals surface area contributed by atoms with E-state index in [0.29, 0.717) is 5.02 Å². The molecule has 0 amide bonds. The molecule has 5 nitrogen and oxygen atoms in total. The molecule has 0 aliphatic heterocycles. The van der Waals surface area contributed by atoms with Crippen molar-refractivity contribution in [3.8, 4) is 0 Å². The van der Waals surface area contributed by atoms with Crippen molar-refractivity contribution in [2.75, 3.05) is 14.2 Å². The van der Waals surface area contributed by atoms with Gasteiger partial charge in [-0.25, -0.2) is 13.2 Å². The fraction of sp³-hybridized carbons (Fsp3) is 0.188. The second-order valence-electron chi connectivity index (χ2n) is 5.02. The summed E-state index contributed by atoms with van der Waals surface area (Å²) in [7, 11) is -1.23. The van der Waals surface area contributed by atoms with E-state index in [0.717, 1.165) is 9.87 Å². The number of halogens is 2. The molecule has 0 bridgehead atoms. The summed E-state index contributed by atoms with van der Waals surface area (Å²) in [5.74, 6) is -0.636. The molecule has 0 aliphatic rings. The topological polar surface area (TPSA) is 63.7 Å². The Labute approximate surface area is 150 Å². The van der Waals surface area contributed by atoms with Gasteiger partial charge in [0.1, 0.15) is 4.90 Å². The molecule has 0 aliphatic carbocycles. The third kappa shape index (κ3) is 4.08. The first kappa shape index (κ1) is 18.7. The summed E-state index contributed by atoms with van der Waals surface area (Å²) in [6.07, 6.45) is 0. The first-order valence-corrected chi connectivity index (χ1v) is 9.04. The minimum absolute atomic E-state index is 0.0330. The Balaban J connectivity index is 2.35. The molecule has 0 saturated carbocycles. The van der Waals surface area contributed by atoms with Gasteiger partial charge in [-0.3, -0.25) is 0 Å². The quantitative estimate of drug-likeness (QED) is 0.735. The van der Waals surface area contributed by atoms with Crippen molar-refractivity contribution in [3.05, 3.63) is 63.6 Å². The lowest BCUT2D eigenvalue weighted by Crippen LogP contribution is -2.27. The fourth-order valence-corrected chi connectivity index (χ4v) is 3.83. The third-order valence-electron chi connectivity index (χ3n) is 3.36. The van der Waals surface area contributed by atoms with E-state index in [9.17, 15) is 13.2 Å². The number of esters is 1. The van der Waals surface area contributed by atoms with Gasteiger partial charge in [-0.15, -0.1) is 0 Å². The van der Waals surface area contributed by atoms with Crippen molar-refractivity contribution in [1.82, 2.24) is 4.31 Å². The highest BCUT2D eigenvalue weighted by Gasteiger charge is 2.25. The molecule has 2 rings (SSSR count). The van der Waals surface area contributed by atoms with Gasteiger partial charge in [-0.2, -0.15) is 4.31 Å². The first-order valence-electron chi connectivity index (χ1n) is 6.84. The van der Waals surface area contributed by atoms with Crippen LogP contribution in [0.3, 0.4) is 0 Å². The van der Waals surface area contributed by atoms with Crippen molar-refractivity contribution < 1.29 is 17.9 Å². The second-order valence-corrected chi connectivity index (χ2v) is 7.88. The minimum Gasteiger partial charge on any atom is -0.465 e. The zero-order chi connectivity index (χ0) is 17.9. The molecule has 0 fully saturated rings. The Kier molecular flexibility index (Phi) is 5.87. The normalized spacial score (nSPS) is 11.5. The first-order chi connectivity index (χ1) is 11.3. The Morgan fingerprint density at radius 3 is 2.33 bits per heavy atom.